The molecule has 1 heterocycles. The lowest BCUT2D eigenvalue weighted by atomic mass is 10.2. The molecule has 2 aromatic carbocycles. The number of halogens is 1. The predicted molar refractivity (Wildman–Crippen MR) is 101 cm³/mol. The first-order valence-electron chi connectivity index (χ1n) is 8.22. The van der Waals surface area contributed by atoms with Crippen molar-refractivity contribution in [2.45, 2.75) is 11.4 Å². The van der Waals surface area contributed by atoms with E-state index in [1.165, 1.54) is 16.4 Å². The number of nitrogens with one attached hydrogen (secondary N) is 1. The van der Waals surface area contributed by atoms with Crippen molar-refractivity contribution in [1.82, 2.24) is 4.31 Å². The van der Waals surface area contributed by atoms with Gasteiger partial charge in [0.15, 0.2) is 0 Å². The molecule has 0 amide bonds. The summed E-state index contributed by atoms with van der Waals surface area (Å²) in [6, 6.07) is 10.9. The highest BCUT2D eigenvalue weighted by Gasteiger charge is 2.30. The highest BCUT2D eigenvalue weighted by molar-refractivity contribution is 7.89. The quantitative estimate of drug-likeness (QED) is 0.579. The number of benzene rings is 2. The molecule has 2 aromatic rings. The number of anilines is 1. The Balaban J connectivity index is 1.92. The smallest absolute Gasteiger partial charge is 0.270 e. The third-order valence-electron chi connectivity index (χ3n) is 4.16. The highest BCUT2D eigenvalue weighted by atomic mass is 35.5. The average Bonchev–Trinajstić information content (AvgIpc) is 2.68. The number of hydrogen-bond acceptors (Lipinski definition) is 6. The zero-order valence-electron chi connectivity index (χ0n) is 14.3. The summed E-state index contributed by atoms with van der Waals surface area (Å²) in [4.78, 5) is 10.4. The standard InChI is InChI=1S/C17H18ClN3O5S/c18-14-3-1-13(2-4-14)12-19-16-6-5-15(21(22)23)11-17(16)27(24,25)20-7-9-26-10-8-20/h1-6,11,19H,7-10,12H2. The Morgan fingerprint density at radius 1 is 1.15 bits per heavy atom. The van der Waals surface area contributed by atoms with Gasteiger partial charge >= 0.3 is 0 Å². The van der Waals surface area contributed by atoms with Gasteiger partial charge in [-0.2, -0.15) is 4.31 Å². The van der Waals surface area contributed by atoms with E-state index in [0.717, 1.165) is 11.6 Å². The number of nitrogens with zero attached hydrogens (tertiary/aromatic N) is 2. The van der Waals surface area contributed by atoms with Gasteiger partial charge in [-0.3, -0.25) is 10.1 Å². The SMILES string of the molecule is O=[N+]([O-])c1ccc(NCc2ccc(Cl)cc2)c(S(=O)(=O)N2CCOCC2)c1. The maximum Gasteiger partial charge on any atom is 0.270 e. The Morgan fingerprint density at radius 2 is 1.81 bits per heavy atom. The monoisotopic (exact) mass is 411 g/mol. The number of nitro benzene ring substituents is 1. The molecule has 0 aromatic heterocycles. The van der Waals surface area contributed by atoms with E-state index in [1.807, 2.05) is 12.1 Å². The number of non-ortho nitro benzene ring substituents is 1. The third-order valence-corrected chi connectivity index (χ3v) is 6.35. The summed E-state index contributed by atoms with van der Waals surface area (Å²) in [6.45, 7) is 1.35. The van der Waals surface area contributed by atoms with Crippen LogP contribution in [-0.2, 0) is 21.3 Å². The molecular formula is C17H18ClN3O5S. The molecule has 1 N–H and O–H groups in total. The summed E-state index contributed by atoms with van der Waals surface area (Å²) in [6.07, 6.45) is 0. The van der Waals surface area contributed by atoms with Gasteiger partial charge in [0.05, 0.1) is 23.8 Å². The van der Waals surface area contributed by atoms with Gasteiger partial charge in [-0.05, 0) is 23.8 Å². The molecule has 0 spiro atoms. The molecule has 0 saturated carbocycles. The van der Waals surface area contributed by atoms with Gasteiger partial charge in [0.2, 0.25) is 10.0 Å². The predicted octanol–water partition coefficient (Wildman–Crippen LogP) is 2.88. The van der Waals surface area contributed by atoms with Crippen LogP contribution in [0.5, 0.6) is 0 Å². The van der Waals surface area contributed by atoms with Gasteiger partial charge in [-0.15, -0.1) is 0 Å². The Morgan fingerprint density at radius 3 is 2.44 bits per heavy atom. The van der Waals surface area contributed by atoms with E-state index in [0.29, 0.717) is 30.5 Å². The molecule has 144 valence electrons. The number of sulfonamides is 1. The van der Waals surface area contributed by atoms with E-state index < -0.39 is 14.9 Å². The van der Waals surface area contributed by atoms with Crippen molar-refractivity contribution in [1.29, 1.82) is 0 Å². The fraction of sp³-hybridized carbons (Fsp3) is 0.294. The zero-order valence-corrected chi connectivity index (χ0v) is 15.9. The van der Waals surface area contributed by atoms with Crippen LogP contribution in [0.2, 0.25) is 5.02 Å². The van der Waals surface area contributed by atoms with Crippen molar-refractivity contribution in [3.05, 3.63) is 63.2 Å². The minimum atomic E-state index is -3.89. The van der Waals surface area contributed by atoms with Crippen molar-refractivity contribution in [3.8, 4) is 0 Å². The van der Waals surface area contributed by atoms with E-state index in [-0.39, 0.29) is 23.7 Å². The molecule has 0 unspecified atom stereocenters. The van der Waals surface area contributed by atoms with E-state index in [1.54, 1.807) is 12.1 Å². The highest BCUT2D eigenvalue weighted by Crippen LogP contribution is 2.30. The summed E-state index contributed by atoms with van der Waals surface area (Å²) < 4.78 is 32.5. The van der Waals surface area contributed by atoms with E-state index in [9.17, 15) is 18.5 Å². The van der Waals surface area contributed by atoms with Crippen LogP contribution in [0.1, 0.15) is 5.56 Å². The lowest BCUT2D eigenvalue weighted by molar-refractivity contribution is -0.385. The van der Waals surface area contributed by atoms with Crippen LogP contribution in [0, 0.1) is 10.1 Å². The molecule has 0 radical (unpaired) electrons. The van der Waals surface area contributed by atoms with Crippen molar-refractivity contribution in [2.24, 2.45) is 0 Å². The first-order chi connectivity index (χ1) is 12.9. The lowest BCUT2D eigenvalue weighted by Crippen LogP contribution is -2.40. The summed E-state index contributed by atoms with van der Waals surface area (Å²) in [5.74, 6) is 0. The van der Waals surface area contributed by atoms with Crippen LogP contribution in [0.4, 0.5) is 11.4 Å². The minimum absolute atomic E-state index is 0.118. The second-order valence-corrected chi connectivity index (χ2v) is 8.28. The zero-order chi connectivity index (χ0) is 19.4. The molecule has 1 aliphatic heterocycles. The van der Waals surface area contributed by atoms with Gasteiger partial charge in [0, 0.05) is 36.8 Å². The van der Waals surface area contributed by atoms with Gasteiger partial charge < -0.3 is 10.1 Å². The van der Waals surface area contributed by atoms with Crippen LogP contribution in [0.25, 0.3) is 0 Å². The van der Waals surface area contributed by atoms with Crippen molar-refractivity contribution >= 4 is 33.0 Å². The molecule has 8 nitrogen and oxygen atoms in total. The van der Waals surface area contributed by atoms with Crippen LogP contribution >= 0.6 is 11.6 Å². The normalized spacial score (nSPS) is 15.4. The summed E-state index contributed by atoms with van der Waals surface area (Å²) in [5.41, 5.74) is 0.924. The molecule has 10 heteroatoms. The first kappa shape index (κ1) is 19.6. The largest absolute Gasteiger partial charge is 0.380 e. The summed E-state index contributed by atoms with van der Waals surface area (Å²) in [7, 11) is -3.89. The van der Waals surface area contributed by atoms with Gasteiger partial charge in [-0.25, -0.2) is 8.42 Å². The van der Waals surface area contributed by atoms with Gasteiger partial charge in [0.1, 0.15) is 4.90 Å². The fourth-order valence-corrected chi connectivity index (χ4v) is 4.43. The van der Waals surface area contributed by atoms with Crippen LogP contribution in [0.15, 0.2) is 47.4 Å². The number of ether oxygens (including phenoxy) is 1. The van der Waals surface area contributed by atoms with Crippen LogP contribution in [0.3, 0.4) is 0 Å². The van der Waals surface area contributed by atoms with Crippen molar-refractivity contribution < 1.29 is 18.1 Å². The molecular weight excluding hydrogens is 394 g/mol. The van der Waals surface area contributed by atoms with Crippen LogP contribution < -0.4 is 5.32 Å². The fourth-order valence-electron chi connectivity index (χ4n) is 2.71. The molecule has 1 saturated heterocycles. The molecule has 3 rings (SSSR count). The molecule has 1 fully saturated rings. The third kappa shape index (κ3) is 4.56. The number of nitro groups is 1. The summed E-state index contributed by atoms with van der Waals surface area (Å²) in [5, 5.41) is 14.8. The van der Waals surface area contributed by atoms with E-state index >= 15 is 0 Å². The Bertz CT molecular complexity index is 928. The first-order valence-corrected chi connectivity index (χ1v) is 10.0. The van der Waals surface area contributed by atoms with E-state index in [4.69, 9.17) is 16.3 Å². The van der Waals surface area contributed by atoms with Crippen molar-refractivity contribution in [2.75, 3.05) is 31.6 Å². The van der Waals surface area contributed by atoms with Crippen LogP contribution in [-0.4, -0.2) is 43.9 Å². The maximum atomic E-state index is 13.0. The molecule has 1 aliphatic rings. The van der Waals surface area contributed by atoms with Gasteiger partial charge in [0.25, 0.3) is 5.69 Å². The molecule has 0 aliphatic carbocycles. The lowest BCUT2D eigenvalue weighted by Gasteiger charge is -2.27. The summed E-state index contributed by atoms with van der Waals surface area (Å²) >= 11 is 5.87. The molecule has 0 bridgehead atoms. The number of hydrogen-bond donors (Lipinski definition) is 1. The van der Waals surface area contributed by atoms with E-state index in [2.05, 4.69) is 5.32 Å². The minimum Gasteiger partial charge on any atom is -0.380 e. The Hall–Kier alpha value is -2.20. The van der Waals surface area contributed by atoms with Gasteiger partial charge in [-0.1, -0.05) is 23.7 Å². The van der Waals surface area contributed by atoms with Crippen molar-refractivity contribution in [3.63, 3.8) is 0 Å². The number of morpholine rings is 1. The maximum absolute atomic E-state index is 13.0. The molecule has 27 heavy (non-hydrogen) atoms. The molecule has 0 atom stereocenters. The second kappa shape index (κ2) is 8.22. The Kier molecular flexibility index (Phi) is 5.95. The number of rotatable bonds is 6. The average molecular weight is 412 g/mol. The second-order valence-electron chi connectivity index (χ2n) is 5.93. The Labute approximate surface area is 161 Å². The topological polar surface area (TPSA) is 102 Å².